The first-order valence-electron chi connectivity index (χ1n) is 13.6. The number of methoxy groups -OCH3 is 2. The van der Waals surface area contributed by atoms with Crippen molar-refractivity contribution in [1.29, 1.82) is 0 Å². The van der Waals surface area contributed by atoms with Gasteiger partial charge in [-0.2, -0.15) is 0 Å². The fourth-order valence-electron chi connectivity index (χ4n) is 4.67. The smallest absolute Gasteiger partial charge is 0.260 e. The molecule has 1 aromatic heterocycles. The van der Waals surface area contributed by atoms with Gasteiger partial charge in [-0.25, -0.2) is 4.98 Å². The van der Waals surface area contributed by atoms with Crippen molar-refractivity contribution in [2.75, 3.05) is 39.4 Å². The van der Waals surface area contributed by atoms with Crippen LogP contribution in [0, 0.1) is 24.7 Å². The van der Waals surface area contributed by atoms with Gasteiger partial charge in [0.05, 0.1) is 33.6 Å². The minimum atomic E-state index is -0.689. The van der Waals surface area contributed by atoms with Gasteiger partial charge in [-0.05, 0) is 49.3 Å². The second-order valence-corrected chi connectivity index (χ2v) is 11.4. The highest BCUT2D eigenvalue weighted by Crippen LogP contribution is 2.37. The number of carbonyl (C=O) groups excluding carboxylic acids is 2. The fraction of sp³-hybridized carbons (Fsp3) is 0.500. The summed E-state index contributed by atoms with van der Waals surface area (Å²) < 4.78 is 22.2. The number of amides is 2. The number of aromatic nitrogens is 1. The van der Waals surface area contributed by atoms with Gasteiger partial charge in [-0.15, -0.1) is 11.3 Å². The molecule has 0 bridgehead atoms. The lowest BCUT2D eigenvalue weighted by Crippen LogP contribution is -2.21. The molecule has 2 amide bonds. The fourth-order valence-corrected chi connectivity index (χ4v) is 5.63. The quantitative estimate of drug-likeness (QED) is 0.303. The number of primary amides is 1. The zero-order valence-corrected chi connectivity index (χ0v) is 25.3. The molecule has 0 spiro atoms. The van der Waals surface area contributed by atoms with Gasteiger partial charge >= 0.3 is 0 Å². The number of hydrogen-bond acceptors (Lipinski definition) is 8. The van der Waals surface area contributed by atoms with Crippen LogP contribution in [0.5, 0.6) is 17.2 Å². The number of rotatable bonds is 10. The van der Waals surface area contributed by atoms with E-state index in [9.17, 15) is 9.59 Å². The van der Waals surface area contributed by atoms with Crippen LogP contribution in [0.3, 0.4) is 0 Å². The normalized spacial score (nSPS) is 14.5. The van der Waals surface area contributed by atoms with Gasteiger partial charge in [0.25, 0.3) is 11.8 Å². The van der Waals surface area contributed by atoms with E-state index < -0.39 is 11.8 Å². The third kappa shape index (κ3) is 7.63. The van der Waals surface area contributed by atoms with Crippen molar-refractivity contribution in [2.24, 2.45) is 23.5 Å². The van der Waals surface area contributed by atoms with Crippen molar-refractivity contribution >= 4 is 39.1 Å². The van der Waals surface area contributed by atoms with E-state index in [1.165, 1.54) is 43.4 Å². The van der Waals surface area contributed by atoms with Crippen LogP contribution in [0.1, 0.15) is 66.3 Å². The van der Waals surface area contributed by atoms with Crippen LogP contribution in [-0.4, -0.2) is 50.8 Å². The Balaban J connectivity index is 0.000000312. The van der Waals surface area contributed by atoms with Crippen molar-refractivity contribution in [3.8, 4) is 17.2 Å². The summed E-state index contributed by atoms with van der Waals surface area (Å²) in [6.45, 7) is 12.7. The van der Waals surface area contributed by atoms with Crippen molar-refractivity contribution in [3.63, 3.8) is 0 Å². The van der Waals surface area contributed by atoms with Crippen LogP contribution in [0.2, 0.25) is 0 Å². The summed E-state index contributed by atoms with van der Waals surface area (Å²) in [5.41, 5.74) is 6.90. The minimum Gasteiger partial charge on any atom is -0.496 e. The molecule has 1 aliphatic rings. The van der Waals surface area contributed by atoms with Crippen LogP contribution in [0.15, 0.2) is 24.3 Å². The molecular formula is C30H41N3O6S. The number of ether oxygens (including phenoxy) is 4. The third-order valence-corrected chi connectivity index (χ3v) is 8.11. The predicted molar refractivity (Wildman–Crippen MR) is 159 cm³/mol. The lowest BCUT2D eigenvalue weighted by molar-refractivity contribution is 0.1000. The van der Waals surface area contributed by atoms with Crippen LogP contribution in [0.4, 0.5) is 5.69 Å². The van der Waals surface area contributed by atoms with Crippen LogP contribution in [0.25, 0.3) is 10.2 Å². The van der Waals surface area contributed by atoms with E-state index in [0.717, 1.165) is 23.5 Å². The van der Waals surface area contributed by atoms with E-state index in [4.69, 9.17) is 24.7 Å². The highest BCUT2D eigenvalue weighted by Gasteiger charge is 2.23. The summed E-state index contributed by atoms with van der Waals surface area (Å²) in [5.74, 6) is 2.52. The van der Waals surface area contributed by atoms with Crippen molar-refractivity contribution < 1.29 is 28.5 Å². The summed E-state index contributed by atoms with van der Waals surface area (Å²) >= 11 is 1.39. The lowest BCUT2D eigenvalue weighted by Gasteiger charge is -2.21. The molecule has 218 valence electrons. The van der Waals surface area contributed by atoms with Gasteiger partial charge in [0, 0.05) is 19.8 Å². The molecule has 0 fully saturated rings. The number of hydrogen-bond donors (Lipinski definition) is 2. The van der Waals surface area contributed by atoms with E-state index in [-0.39, 0.29) is 11.3 Å². The number of fused-ring (bicyclic) bond motifs is 2. The third-order valence-electron chi connectivity index (χ3n) is 7.11. The van der Waals surface area contributed by atoms with Gasteiger partial charge in [-0.1, -0.05) is 34.1 Å². The van der Waals surface area contributed by atoms with Crippen LogP contribution >= 0.6 is 11.3 Å². The molecule has 9 nitrogen and oxygen atoms in total. The summed E-state index contributed by atoms with van der Waals surface area (Å²) in [6, 6.07) is 6.50. The SMILES string of the molecule is CCC(C)C(C)CC(C)COC.COc1ccc2nc(C)sc2c1C(=O)Nc1cc2c(cc1C(N)=O)OCCO2. The number of nitrogens with one attached hydrogen (secondary N) is 1. The Kier molecular flexibility index (Phi) is 11.2. The maximum Gasteiger partial charge on any atom is 0.260 e. The van der Waals surface area contributed by atoms with E-state index in [0.29, 0.717) is 52.2 Å². The van der Waals surface area contributed by atoms with Crippen LogP contribution in [-0.2, 0) is 4.74 Å². The van der Waals surface area contributed by atoms with Crippen molar-refractivity contribution in [2.45, 2.75) is 47.5 Å². The highest BCUT2D eigenvalue weighted by atomic mass is 32.1. The van der Waals surface area contributed by atoms with E-state index >= 15 is 0 Å². The van der Waals surface area contributed by atoms with Gasteiger partial charge in [0.15, 0.2) is 11.5 Å². The summed E-state index contributed by atoms with van der Waals surface area (Å²) in [6.07, 6.45) is 2.59. The molecule has 2 aromatic carbocycles. The summed E-state index contributed by atoms with van der Waals surface area (Å²) in [4.78, 5) is 29.4. The largest absolute Gasteiger partial charge is 0.496 e. The number of aryl methyl sites for hydroxylation is 1. The van der Waals surface area contributed by atoms with Gasteiger partial charge in [-0.3, -0.25) is 9.59 Å². The molecule has 3 unspecified atom stereocenters. The van der Waals surface area contributed by atoms with Gasteiger partial charge < -0.3 is 30.0 Å². The molecule has 3 atom stereocenters. The Morgan fingerprint density at radius 2 is 1.77 bits per heavy atom. The Bertz CT molecular complexity index is 1320. The Morgan fingerprint density at radius 1 is 1.10 bits per heavy atom. The Labute approximate surface area is 240 Å². The molecule has 40 heavy (non-hydrogen) atoms. The number of nitrogens with two attached hydrogens (primary N) is 1. The second-order valence-electron chi connectivity index (χ2n) is 10.2. The maximum absolute atomic E-state index is 13.1. The molecule has 4 rings (SSSR count). The standard InChI is InChI=1S/C19H17N3O5S.C11H24O/c1-9-21-11-3-4-13(25-2)16(17(11)28-9)19(24)22-12-8-15-14(26-5-6-27-15)7-10(12)18(20)23;1-6-10(3)11(4)7-9(2)8-12-5/h3-4,7-8H,5-6H2,1-2H3,(H2,20,23)(H,22,24);9-11H,6-8H2,1-5H3. The highest BCUT2D eigenvalue weighted by molar-refractivity contribution is 7.19. The Hall–Kier alpha value is -3.37. The topological polar surface area (TPSA) is 122 Å². The molecule has 0 aliphatic carbocycles. The number of benzene rings is 2. The number of carbonyl (C=O) groups is 2. The molecule has 0 radical (unpaired) electrons. The second kappa shape index (κ2) is 14.3. The first-order chi connectivity index (χ1) is 19.1. The van der Waals surface area contributed by atoms with Crippen molar-refractivity contribution in [1.82, 2.24) is 4.98 Å². The maximum atomic E-state index is 13.1. The molecule has 3 aromatic rings. The first-order valence-corrected chi connectivity index (χ1v) is 14.4. The molecule has 0 saturated heterocycles. The number of anilines is 1. The zero-order valence-electron chi connectivity index (χ0n) is 24.5. The van der Waals surface area contributed by atoms with E-state index in [1.54, 1.807) is 19.2 Å². The van der Waals surface area contributed by atoms with Crippen molar-refractivity contribution in [3.05, 3.63) is 40.4 Å². The average molecular weight is 572 g/mol. The molecule has 0 saturated carbocycles. The molecule has 3 N–H and O–H groups in total. The van der Waals surface area contributed by atoms with E-state index in [1.807, 2.05) is 6.92 Å². The van der Waals surface area contributed by atoms with Gasteiger partial charge in [0.1, 0.15) is 24.5 Å². The summed E-state index contributed by atoms with van der Waals surface area (Å²) in [7, 11) is 3.27. The monoisotopic (exact) mass is 571 g/mol. The number of nitrogens with zero attached hydrogens (tertiary/aromatic N) is 1. The molecule has 1 aliphatic heterocycles. The molecule has 2 heterocycles. The molecule has 10 heteroatoms. The summed E-state index contributed by atoms with van der Waals surface area (Å²) in [5, 5.41) is 3.59. The zero-order chi connectivity index (χ0) is 29.4. The van der Waals surface area contributed by atoms with Gasteiger partial charge in [0.2, 0.25) is 0 Å². The predicted octanol–water partition coefficient (Wildman–Crippen LogP) is 6.08. The lowest BCUT2D eigenvalue weighted by atomic mass is 9.86. The molecular weight excluding hydrogens is 530 g/mol. The van der Waals surface area contributed by atoms with Crippen LogP contribution < -0.4 is 25.3 Å². The average Bonchev–Trinajstić information content (AvgIpc) is 3.31. The Morgan fingerprint density at radius 3 is 2.38 bits per heavy atom. The minimum absolute atomic E-state index is 0.129. The van der Waals surface area contributed by atoms with E-state index in [2.05, 4.69) is 38.0 Å². The first kappa shape index (κ1) is 31.2. The number of thiazole rings is 1.